The van der Waals surface area contributed by atoms with Crippen molar-refractivity contribution in [3.05, 3.63) is 57.2 Å². The van der Waals surface area contributed by atoms with Gasteiger partial charge in [0.15, 0.2) is 0 Å². The molecule has 0 amide bonds. The summed E-state index contributed by atoms with van der Waals surface area (Å²) in [4.78, 5) is 14.0. The third kappa shape index (κ3) is 1.77. The van der Waals surface area contributed by atoms with E-state index < -0.39 is 0 Å². The van der Waals surface area contributed by atoms with Gasteiger partial charge in [-0.3, -0.25) is 4.79 Å². The van der Waals surface area contributed by atoms with Crippen molar-refractivity contribution in [2.45, 2.75) is 0 Å². The normalized spacial score (nSPS) is 10.9. The Morgan fingerprint density at radius 2 is 1.82 bits per heavy atom. The first-order chi connectivity index (χ1) is 8.25. The number of rotatable bonds is 1. The van der Waals surface area contributed by atoms with Crippen LogP contribution in [-0.2, 0) is 0 Å². The van der Waals surface area contributed by atoms with Crippen LogP contribution < -0.4 is 4.87 Å². The van der Waals surface area contributed by atoms with Gasteiger partial charge >= 0.3 is 4.87 Å². The third-order valence-corrected chi connectivity index (χ3v) is 4.03. The van der Waals surface area contributed by atoms with Crippen molar-refractivity contribution in [3.8, 4) is 11.1 Å². The summed E-state index contributed by atoms with van der Waals surface area (Å²) in [5.41, 5.74) is 2.81. The Kier molecular flexibility index (Phi) is 2.50. The summed E-state index contributed by atoms with van der Waals surface area (Å²) < 4.78 is 0.818. The molecule has 4 heteroatoms. The Bertz CT molecular complexity index is 730. The monoisotopic (exact) mass is 261 g/mol. The van der Waals surface area contributed by atoms with Crippen molar-refractivity contribution in [1.29, 1.82) is 0 Å². The predicted octanol–water partition coefficient (Wildman–Crippen LogP) is 3.91. The van der Waals surface area contributed by atoms with Gasteiger partial charge in [0.25, 0.3) is 0 Å². The van der Waals surface area contributed by atoms with Gasteiger partial charge in [-0.05, 0) is 11.6 Å². The highest BCUT2D eigenvalue weighted by Gasteiger charge is 2.09. The second-order valence-electron chi connectivity index (χ2n) is 3.68. The molecule has 0 aliphatic heterocycles. The number of H-pyrrole nitrogens is 1. The summed E-state index contributed by atoms with van der Waals surface area (Å²) in [7, 11) is 0. The van der Waals surface area contributed by atoms with Gasteiger partial charge in [-0.15, -0.1) is 0 Å². The SMILES string of the molecule is O=c1[nH]c2ccc(-c3ccccc3)c(Cl)c2s1. The Balaban J connectivity index is 2.32. The van der Waals surface area contributed by atoms with Crippen molar-refractivity contribution < 1.29 is 0 Å². The third-order valence-electron chi connectivity index (χ3n) is 2.61. The van der Waals surface area contributed by atoms with Crippen LogP contribution in [0.1, 0.15) is 0 Å². The fourth-order valence-electron chi connectivity index (χ4n) is 1.82. The number of aromatic nitrogens is 1. The van der Waals surface area contributed by atoms with Crippen LogP contribution in [0.4, 0.5) is 0 Å². The summed E-state index contributed by atoms with van der Waals surface area (Å²) >= 11 is 7.49. The molecule has 0 bridgehead atoms. The number of benzene rings is 2. The summed E-state index contributed by atoms with van der Waals surface area (Å²) in [6.07, 6.45) is 0. The number of thiazole rings is 1. The molecule has 2 nitrogen and oxygen atoms in total. The molecule has 0 saturated heterocycles. The molecule has 0 aliphatic carbocycles. The van der Waals surface area contributed by atoms with Crippen LogP contribution in [0.5, 0.6) is 0 Å². The number of halogens is 1. The molecule has 1 heterocycles. The minimum atomic E-state index is -0.0767. The first-order valence-electron chi connectivity index (χ1n) is 5.12. The molecular formula is C13H8ClNOS. The van der Waals surface area contributed by atoms with E-state index in [1.807, 2.05) is 42.5 Å². The second kappa shape index (κ2) is 4.02. The van der Waals surface area contributed by atoms with Gasteiger partial charge in [0.2, 0.25) is 0 Å². The van der Waals surface area contributed by atoms with Crippen LogP contribution in [0.25, 0.3) is 21.3 Å². The van der Waals surface area contributed by atoms with E-state index in [0.717, 1.165) is 32.7 Å². The molecule has 0 fully saturated rings. The van der Waals surface area contributed by atoms with Gasteiger partial charge in [-0.2, -0.15) is 0 Å². The van der Waals surface area contributed by atoms with Gasteiger partial charge < -0.3 is 4.98 Å². The van der Waals surface area contributed by atoms with Crippen LogP contribution in [-0.4, -0.2) is 4.98 Å². The summed E-state index contributed by atoms with van der Waals surface area (Å²) in [5.74, 6) is 0. The molecule has 1 aromatic heterocycles. The maximum absolute atomic E-state index is 11.3. The molecule has 1 N–H and O–H groups in total. The fraction of sp³-hybridized carbons (Fsp3) is 0. The van der Waals surface area contributed by atoms with Crippen molar-refractivity contribution in [1.82, 2.24) is 4.98 Å². The Labute approximate surface area is 106 Å². The Hall–Kier alpha value is -1.58. The summed E-state index contributed by atoms with van der Waals surface area (Å²) in [6, 6.07) is 13.7. The molecule has 2 aromatic carbocycles. The quantitative estimate of drug-likeness (QED) is 0.708. The molecule has 0 atom stereocenters. The van der Waals surface area contributed by atoms with E-state index in [4.69, 9.17) is 11.6 Å². The van der Waals surface area contributed by atoms with E-state index in [-0.39, 0.29) is 4.87 Å². The van der Waals surface area contributed by atoms with Crippen molar-refractivity contribution in [2.75, 3.05) is 0 Å². The zero-order valence-corrected chi connectivity index (χ0v) is 10.3. The summed E-state index contributed by atoms with van der Waals surface area (Å²) in [6.45, 7) is 0. The zero-order valence-electron chi connectivity index (χ0n) is 8.74. The van der Waals surface area contributed by atoms with E-state index in [9.17, 15) is 4.79 Å². The highest BCUT2D eigenvalue weighted by Crippen LogP contribution is 2.34. The van der Waals surface area contributed by atoms with Gasteiger partial charge in [0.05, 0.1) is 15.2 Å². The van der Waals surface area contributed by atoms with Gasteiger partial charge in [-0.1, -0.05) is 59.3 Å². The maximum atomic E-state index is 11.3. The number of hydrogen-bond acceptors (Lipinski definition) is 2. The van der Waals surface area contributed by atoms with E-state index in [1.54, 1.807) is 0 Å². The average Bonchev–Trinajstić information content (AvgIpc) is 2.72. The van der Waals surface area contributed by atoms with Crippen molar-refractivity contribution in [2.24, 2.45) is 0 Å². The lowest BCUT2D eigenvalue weighted by atomic mass is 10.1. The molecule has 0 unspecified atom stereocenters. The van der Waals surface area contributed by atoms with Crippen molar-refractivity contribution in [3.63, 3.8) is 0 Å². The van der Waals surface area contributed by atoms with E-state index >= 15 is 0 Å². The lowest BCUT2D eigenvalue weighted by Crippen LogP contribution is -1.89. The van der Waals surface area contributed by atoms with Gasteiger partial charge in [0, 0.05) is 5.56 Å². The molecule has 0 aliphatic rings. The number of fused-ring (bicyclic) bond motifs is 1. The molecule has 0 radical (unpaired) electrons. The van der Waals surface area contributed by atoms with Crippen LogP contribution in [0, 0.1) is 0 Å². The number of hydrogen-bond donors (Lipinski definition) is 1. The molecular weight excluding hydrogens is 254 g/mol. The highest BCUT2D eigenvalue weighted by molar-refractivity contribution is 7.17. The minimum Gasteiger partial charge on any atom is -0.312 e. The van der Waals surface area contributed by atoms with Crippen molar-refractivity contribution >= 4 is 33.2 Å². The standard InChI is InChI=1S/C13H8ClNOS/c14-11-9(8-4-2-1-3-5-8)6-7-10-12(11)17-13(16)15-10/h1-7H,(H,15,16). The molecule has 84 valence electrons. The topological polar surface area (TPSA) is 32.9 Å². The molecule has 3 aromatic rings. The Morgan fingerprint density at radius 3 is 2.59 bits per heavy atom. The number of aromatic amines is 1. The first-order valence-corrected chi connectivity index (χ1v) is 6.32. The molecule has 0 spiro atoms. The second-order valence-corrected chi connectivity index (χ2v) is 5.05. The van der Waals surface area contributed by atoms with Gasteiger partial charge in [-0.25, -0.2) is 0 Å². The van der Waals surface area contributed by atoms with Crippen LogP contribution in [0.3, 0.4) is 0 Å². The predicted molar refractivity (Wildman–Crippen MR) is 72.9 cm³/mol. The Morgan fingerprint density at radius 1 is 1.06 bits per heavy atom. The molecule has 17 heavy (non-hydrogen) atoms. The number of nitrogens with one attached hydrogen (secondary N) is 1. The minimum absolute atomic E-state index is 0.0767. The van der Waals surface area contributed by atoms with Gasteiger partial charge in [0.1, 0.15) is 0 Å². The average molecular weight is 262 g/mol. The maximum Gasteiger partial charge on any atom is 0.305 e. The first kappa shape index (κ1) is 10.6. The molecule has 3 rings (SSSR count). The molecule has 0 saturated carbocycles. The summed E-state index contributed by atoms with van der Waals surface area (Å²) in [5, 5.41) is 0.636. The largest absolute Gasteiger partial charge is 0.312 e. The van der Waals surface area contributed by atoms with Crippen LogP contribution >= 0.6 is 22.9 Å². The smallest absolute Gasteiger partial charge is 0.305 e. The van der Waals surface area contributed by atoms with Crippen LogP contribution in [0.2, 0.25) is 5.02 Å². The lowest BCUT2D eigenvalue weighted by molar-refractivity contribution is 1.41. The van der Waals surface area contributed by atoms with E-state index in [0.29, 0.717) is 5.02 Å². The fourth-order valence-corrected chi connectivity index (χ4v) is 2.99. The van der Waals surface area contributed by atoms with E-state index in [2.05, 4.69) is 4.98 Å². The van der Waals surface area contributed by atoms with Crippen LogP contribution in [0.15, 0.2) is 47.3 Å². The zero-order chi connectivity index (χ0) is 11.8. The lowest BCUT2D eigenvalue weighted by Gasteiger charge is -2.04. The highest BCUT2D eigenvalue weighted by atomic mass is 35.5. The van der Waals surface area contributed by atoms with E-state index in [1.165, 1.54) is 0 Å².